The molecule has 4 aromatic rings. The van der Waals surface area contributed by atoms with E-state index in [1.807, 2.05) is 20.5 Å². The van der Waals surface area contributed by atoms with Gasteiger partial charge in [-0.05, 0) is 95.0 Å². The number of methoxy groups -OCH3 is 1. The van der Waals surface area contributed by atoms with Gasteiger partial charge in [-0.2, -0.15) is 40.2 Å². The Kier molecular flexibility index (Phi) is 19.3. The van der Waals surface area contributed by atoms with Crippen LogP contribution in [-0.4, -0.2) is 147 Å². The van der Waals surface area contributed by atoms with Crippen LogP contribution in [0.1, 0.15) is 69.3 Å². The van der Waals surface area contributed by atoms with Crippen LogP contribution in [0.2, 0.25) is 0 Å². The normalized spacial score (nSPS) is 17.6. The van der Waals surface area contributed by atoms with Crippen LogP contribution in [0.15, 0.2) is 67.0 Å². The molecule has 2 aliphatic rings. The van der Waals surface area contributed by atoms with E-state index in [0.717, 1.165) is 32.2 Å². The number of fused-ring (bicyclic) bond motifs is 2. The van der Waals surface area contributed by atoms with E-state index in [9.17, 15) is 73.3 Å². The molecule has 2 aromatic heterocycles. The number of carbonyl (C=O) groups excluding carboxylic acids is 3. The highest BCUT2D eigenvalue weighted by atomic mass is 19.4. The molecule has 0 saturated carbocycles. The Labute approximate surface area is 450 Å². The molecule has 2 fully saturated rings. The standard InChI is InChI=1S/C51H56F12N10O7/c1-48(2,50(58,59)60)41(67-47(79)80-5)43(75)65-37(18-28-9-6-27(7-10-28)8-11-29-12-15-40(64-21-29)70-22-31-13-14-32(23-70)72(31)26-39(54)55)38(74)25-71(69-44(76)42(66-46(77)78)49(3,4)51(61,62)63)24-33-34(52)19-30(20-35(33)53)36-16-17-73(68-36)45(56)57/h6-7,9-10,12,15-17,19-21,31-32,37-39,41-42,45,66,74H,13-14,18,22-26H2,1-5H3,(H,65,75)(H,67,79)(H,69,76)(H,77,78)/t31?,32?,37-,38-,41+,42+/m0/s1. The van der Waals surface area contributed by atoms with Crippen molar-refractivity contribution in [2.24, 2.45) is 10.8 Å². The molecule has 2 bridgehead atoms. The van der Waals surface area contributed by atoms with Crippen LogP contribution < -0.4 is 26.3 Å². The van der Waals surface area contributed by atoms with Gasteiger partial charge in [-0.15, -0.1) is 0 Å². The number of carbonyl (C=O) groups is 4. The molecule has 6 rings (SSSR count). The second kappa shape index (κ2) is 25.0. The van der Waals surface area contributed by atoms with Gasteiger partial charge >= 0.3 is 31.1 Å². The zero-order valence-electron chi connectivity index (χ0n) is 43.3. The lowest BCUT2D eigenvalue weighted by molar-refractivity contribution is -0.221. The highest BCUT2D eigenvalue weighted by Gasteiger charge is 2.57. The first kappa shape index (κ1) is 61.9. The van der Waals surface area contributed by atoms with E-state index in [-0.39, 0.29) is 40.1 Å². The summed E-state index contributed by atoms with van der Waals surface area (Å²) in [5, 5.41) is 31.0. The number of hydrazine groups is 1. The van der Waals surface area contributed by atoms with Gasteiger partial charge in [-0.3, -0.25) is 19.9 Å². The minimum absolute atomic E-state index is 0.0339. The van der Waals surface area contributed by atoms with Gasteiger partial charge in [0, 0.05) is 72.9 Å². The molecule has 4 heterocycles. The van der Waals surface area contributed by atoms with Gasteiger partial charge in [0.15, 0.2) is 0 Å². The molecular weight excluding hydrogens is 1090 g/mol. The Morgan fingerprint density at radius 1 is 0.800 bits per heavy atom. The molecule has 2 aliphatic heterocycles. The van der Waals surface area contributed by atoms with E-state index in [0.29, 0.717) is 74.9 Å². The topological polar surface area (TPSA) is 207 Å². The minimum atomic E-state index is -5.30. The molecule has 2 saturated heterocycles. The van der Waals surface area contributed by atoms with E-state index in [1.54, 1.807) is 12.1 Å². The highest BCUT2D eigenvalue weighted by molar-refractivity contribution is 5.87. The summed E-state index contributed by atoms with van der Waals surface area (Å²) in [7, 11) is 0.795. The maximum atomic E-state index is 16.0. The quantitative estimate of drug-likeness (QED) is 0.0291. The van der Waals surface area contributed by atoms with Crippen molar-refractivity contribution in [3.8, 4) is 23.1 Å². The molecular formula is C51H56F12N10O7. The summed E-state index contributed by atoms with van der Waals surface area (Å²) in [5.41, 5.74) is -4.96. The maximum Gasteiger partial charge on any atom is 0.407 e. The van der Waals surface area contributed by atoms with Crippen LogP contribution in [0.4, 0.5) is 68.1 Å². The number of aromatic nitrogens is 3. The highest BCUT2D eigenvalue weighted by Crippen LogP contribution is 2.42. The van der Waals surface area contributed by atoms with E-state index < -0.39 is 121 Å². The van der Waals surface area contributed by atoms with Crippen molar-refractivity contribution in [1.82, 2.24) is 46.0 Å². The van der Waals surface area contributed by atoms with Gasteiger partial charge in [-0.25, -0.2) is 41.8 Å². The van der Waals surface area contributed by atoms with Crippen molar-refractivity contribution in [1.29, 1.82) is 0 Å². The number of rotatable bonds is 20. The van der Waals surface area contributed by atoms with Crippen molar-refractivity contribution in [3.05, 3.63) is 101 Å². The lowest BCUT2D eigenvalue weighted by Crippen LogP contribution is -2.63. The molecule has 4 amide bonds. The molecule has 6 N–H and O–H groups in total. The average Bonchev–Trinajstić information content (AvgIpc) is 3.97. The van der Waals surface area contributed by atoms with Gasteiger partial charge in [0.25, 0.3) is 12.3 Å². The van der Waals surface area contributed by atoms with Crippen molar-refractivity contribution in [2.75, 3.05) is 38.2 Å². The van der Waals surface area contributed by atoms with Gasteiger partial charge < -0.3 is 35.8 Å². The molecule has 80 heavy (non-hydrogen) atoms. The number of alkyl carbamates (subject to hydrolysis) is 1. The number of aliphatic hydroxyl groups is 1. The lowest BCUT2D eigenvalue weighted by atomic mass is 9.82. The summed E-state index contributed by atoms with van der Waals surface area (Å²) < 4.78 is 176. The number of nitrogens with zero attached hydrogens (tertiary/aromatic N) is 6. The molecule has 436 valence electrons. The van der Waals surface area contributed by atoms with E-state index >= 15 is 8.78 Å². The molecule has 2 aromatic carbocycles. The van der Waals surface area contributed by atoms with Gasteiger partial charge in [-0.1, -0.05) is 24.0 Å². The summed E-state index contributed by atoms with van der Waals surface area (Å²) >= 11 is 0. The number of amides is 4. The molecule has 6 atom stereocenters. The predicted octanol–water partition coefficient (Wildman–Crippen LogP) is 7.40. The number of alkyl halides is 10. The van der Waals surface area contributed by atoms with Crippen LogP contribution in [0.25, 0.3) is 11.3 Å². The number of carboxylic acid groups (broad SMARTS) is 1. The Morgan fingerprint density at radius 2 is 1.36 bits per heavy atom. The average molecular weight is 1150 g/mol. The fourth-order valence-corrected chi connectivity index (χ4v) is 9.15. The van der Waals surface area contributed by atoms with Gasteiger partial charge in [0.2, 0.25) is 5.91 Å². The Balaban J connectivity index is 1.32. The van der Waals surface area contributed by atoms with E-state index in [4.69, 9.17) is 0 Å². The Bertz CT molecular complexity index is 2860. The van der Waals surface area contributed by atoms with Crippen LogP contribution in [0, 0.1) is 34.3 Å². The number of halogens is 12. The maximum absolute atomic E-state index is 16.0. The van der Waals surface area contributed by atoms with Crippen molar-refractivity contribution >= 4 is 29.8 Å². The molecule has 17 nitrogen and oxygen atoms in total. The molecule has 0 aliphatic carbocycles. The van der Waals surface area contributed by atoms with Crippen molar-refractivity contribution < 1.29 is 86.8 Å². The van der Waals surface area contributed by atoms with Crippen LogP contribution >= 0.6 is 0 Å². The molecule has 29 heteroatoms. The second-order valence-electron chi connectivity index (χ2n) is 20.2. The fourth-order valence-electron chi connectivity index (χ4n) is 9.15. The number of nitrogens with one attached hydrogen (secondary N) is 4. The summed E-state index contributed by atoms with van der Waals surface area (Å²) in [6.45, 7) is -2.73. The van der Waals surface area contributed by atoms with Gasteiger partial charge in [0.05, 0.1) is 42.3 Å². The van der Waals surface area contributed by atoms with Crippen LogP contribution in [-0.2, 0) is 27.3 Å². The number of benzene rings is 2. The monoisotopic (exact) mass is 1150 g/mol. The Hall–Kier alpha value is -7.32. The Morgan fingerprint density at radius 3 is 1.86 bits per heavy atom. The SMILES string of the molecule is COC(=O)N[C@H](C(=O)N[C@@H](Cc1ccc(C#Cc2ccc(N3CC4CCC(C3)N4CC(F)F)nc2)cc1)[C@@H](O)CN(Cc1c(F)cc(-c2ccn(C(F)F)n2)cc1F)NC(=O)[C@@H](NC(=O)O)C(C)(C)C(F)(F)F)C(C)(C)C(F)(F)F. The van der Waals surface area contributed by atoms with Crippen LogP contribution in [0.3, 0.4) is 0 Å². The predicted molar refractivity (Wildman–Crippen MR) is 261 cm³/mol. The van der Waals surface area contributed by atoms with Crippen molar-refractivity contribution in [2.45, 2.75) is 115 Å². The number of hydrogen-bond donors (Lipinski definition) is 6. The third kappa shape index (κ3) is 14.9. The van der Waals surface area contributed by atoms with Crippen LogP contribution in [0.5, 0.6) is 0 Å². The second-order valence-corrected chi connectivity index (χ2v) is 20.2. The first-order valence-electron chi connectivity index (χ1n) is 24.5. The number of piperazine rings is 1. The minimum Gasteiger partial charge on any atom is -0.465 e. The van der Waals surface area contributed by atoms with E-state index in [2.05, 4.69) is 32.0 Å². The first-order chi connectivity index (χ1) is 37.3. The third-order valence-electron chi connectivity index (χ3n) is 14.0. The number of pyridine rings is 1. The first-order valence-corrected chi connectivity index (χ1v) is 24.5. The number of aliphatic hydroxyl groups excluding tert-OH is 1. The summed E-state index contributed by atoms with van der Waals surface area (Å²) in [6.07, 6.45) is -15.4. The summed E-state index contributed by atoms with van der Waals surface area (Å²) in [4.78, 5) is 60.4. The smallest absolute Gasteiger partial charge is 0.407 e. The summed E-state index contributed by atoms with van der Waals surface area (Å²) in [5.74, 6) is 0.210. The lowest BCUT2D eigenvalue weighted by Gasteiger charge is -2.41. The van der Waals surface area contributed by atoms with Crippen molar-refractivity contribution in [3.63, 3.8) is 0 Å². The zero-order chi connectivity index (χ0) is 59.2. The number of ether oxygens (including phenoxy) is 1. The largest absolute Gasteiger partial charge is 0.465 e. The number of hydrogen-bond acceptors (Lipinski definition) is 11. The van der Waals surface area contributed by atoms with E-state index in [1.165, 1.54) is 35.8 Å². The molecule has 2 unspecified atom stereocenters. The zero-order valence-corrected chi connectivity index (χ0v) is 43.3. The number of anilines is 1. The summed E-state index contributed by atoms with van der Waals surface area (Å²) in [6, 6.07) is 4.44. The fraction of sp³-hybridized carbons (Fsp3) is 0.490. The molecule has 0 spiro atoms. The third-order valence-corrected chi connectivity index (χ3v) is 14.0. The molecule has 0 radical (unpaired) electrons. The van der Waals surface area contributed by atoms with Gasteiger partial charge in [0.1, 0.15) is 29.5 Å².